The third kappa shape index (κ3) is 4.01. The SMILES string of the molecule is Cc1cc(-c2cccc(C(=O)NC3C(O)C(O)OC(CO)C3O)c2)ccc1O. The number of aliphatic hydroxyl groups excluding tert-OH is 4. The van der Waals surface area contributed by atoms with Crippen molar-refractivity contribution in [3.05, 3.63) is 53.6 Å². The van der Waals surface area contributed by atoms with Crippen molar-refractivity contribution >= 4 is 5.91 Å². The highest BCUT2D eigenvalue weighted by Crippen LogP contribution is 2.26. The van der Waals surface area contributed by atoms with Gasteiger partial charge in [0, 0.05) is 5.56 Å². The fraction of sp³-hybridized carbons (Fsp3) is 0.350. The summed E-state index contributed by atoms with van der Waals surface area (Å²) in [5.41, 5.74) is 2.54. The van der Waals surface area contributed by atoms with E-state index >= 15 is 0 Å². The molecule has 2 aromatic rings. The van der Waals surface area contributed by atoms with Crippen LogP contribution >= 0.6 is 0 Å². The molecule has 150 valence electrons. The molecule has 28 heavy (non-hydrogen) atoms. The first kappa shape index (κ1) is 20.2. The summed E-state index contributed by atoms with van der Waals surface area (Å²) < 4.78 is 4.91. The Morgan fingerprint density at radius 2 is 1.79 bits per heavy atom. The van der Waals surface area contributed by atoms with Gasteiger partial charge in [0.25, 0.3) is 5.91 Å². The largest absolute Gasteiger partial charge is 0.508 e. The lowest BCUT2D eigenvalue weighted by molar-refractivity contribution is -0.260. The third-order valence-electron chi connectivity index (χ3n) is 4.86. The van der Waals surface area contributed by atoms with Gasteiger partial charge < -0.3 is 35.6 Å². The number of aryl methyl sites for hydroxylation is 1. The summed E-state index contributed by atoms with van der Waals surface area (Å²) in [6.07, 6.45) is -5.72. The van der Waals surface area contributed by atoms with Gasteiger partial charge >= 0.3 is 0 Å². The van der Waals surface area contributed by atoms with Crippen molar-refractivity contribution in [2.75, 3.05) is 6.61 Å². The van der Waals surface area contributed by atoms with Crippen molar-refractivity contribution in [2.24, 2.45) is 0 Å². The number of amides is 1. The number of carbonyl (C=O) groups excluding carboxylic acids is 1. The van der Waals surface area contributed by atoms with E-state index in [9.17, 15) is 30.3 Å². The molecule has 8 heteroatoms. The fourth-order valence-corrected chi connectivity index (χ4v) is 3.18. The number of aliphatic hydroxyl groups is 4. The van der Waals surface area contributed by atoms with Gasteiger partial charge in [-0.05, 0) is 47.9 Å². The lowest BCUT2D eigenvalue weighted by Crippen LogP contribution is -2.64. The second-order valence-corrected chi connectivity index (χ2v) is 6.81. The molecule has 0 aromatic heterocycles. The first-order chi connectivity index (χ1) is 13.3. The van der Waals surface area contributed by atoms with E-state index in [1.165, 1.54) is 0 Å². The predicted octanol–water partition coefficient (Wildman–Crippen LogP) is -0.103. The molecular weight excluding hydrogens is 366 g/mol. The highest BCUT2D eigenvalue weighted by atomic mass is 16.6. The van der Waals surface area contributed by atoms with E-state index < -0.39 is 43.2 Å². The summed E-state index contributed by atoms with van der Waals surface area (Å²) in [5.74, 6) is -0.386. The van der Waals surface area contributed by atoms with Crippen molar-refractivity contribution in [1.82, 2.24) is 5.32 Å². The van der Waals surface area contributed by atoms with E-state index in [0.717, 1.165) is 11.1 Å². The van der Waals surface area contributed by atoms with Gasteiger partial charge in [0.1, 0.15) is 24.1 Å². The zero-order valence-electron chi connectivity index (χ0n) is 15.2. The molecule has 1 amide bonds. The lowest BCUT2D eigenvalue weighted by Gasteiger charge is -2.40. The maximum absolute atomic E-state index is 12.7. The Morgan fingerprint density at radius 1 is 1.07 bits per heavy atom. The maximum Gasteiger partial charge on any atom is 0.251 e. The smallest absolute Gasteiger partial charge is 0.251 e. The lowest BCUT2D eigenvalue weighted by atomic mass is 9.95. The number of benzene rings is 2. The van der Waals surface area contributed by atoms with E-state index in [1.54, 1.807) is 43.3 Å². The van der Waals surface area contributed by atoms with Crippen LogP contribution < -0.4 is 5.32 Å². The minimum Gasteiger partial charge on any atom is -0.508 e. The molecule has 6 N–H and O–H groups in total. The molecule has 5 unspecified atom stereocenters. The normalized spacial score (nSPS) is 27.4. The number of phenolic OH excluding ortho intramolecular Hbond substituents is 1. The molecule has 8 nitrogen and oxygen atoms in total. The van der Waals surface area contributed by atoms with Crippen molar-refractivity contribution in [3.8, 4) is 16.9 Å². The molecule has 1 aliphatic heterocycles. The van der Waals surface area contributed by atoms with Crippen molar-refractivity contribution in [1.29, 1.82) is 0 Å². The molecule has 0 saturated carbocycles. The molecule has 2 aromatic carbocycles. The third-order valence-corrected chi connectivity index (χ3v) is 4.86. The quantitative estimate of drug-likeness (QED) is 0.429. The molecule has 0 radical (unpaired) electrons. The Hall–Kier alpha value is -2.49. The topological polar surface area (TPSA) is 139 Å². The Morgan fingerprint density at radius 3 is 2.46 bits per heavy atom. The van der Waals surface area contributed by atoms with Crippen LogP contribution in [0.3, 0.4) is 0 Å². The van der Waals surface area contributed by atoms with Gasteiger partial charge in [-0.2, -0.15) is 0 Å². The van der Waals surface area contributed by atoms with Crippen molar-refractivity contribution < 1.29 is 35.1 Å². The van der Waals surface area contributed by atoms with Crippen LogP contribution in [0.5, 0.6) is 5.75 Å². The van der Waals surface area contributed by atoms with Gasteiger partial charge in [-0.15, -0.1) is 0 Å². The van der Waals surface area contributed by atoms with E-state index in [0.29, 0.717) is 5.56 Å². The molecule has 1 heterocycles. The van der Waals surface area contributed by atoms with E-state index in [-0.39, 0.29) is 11.3 Å². The summed E-state index contributed by atoms with van der Waals surface area (Å²) in [4.78, 5) is 12.7. The average molecular weight is 389 g/mol. The van der Waals surface area contributed by atoms with Crippen LogP contribution in [0.15, 0.2) is 42.5 Å². The van der Waals surface area contributed by atoms with Crippen LogP contribution in [0.4, 0.5) is 0 Å². The second kappa shape index (κ2) is 8.26. The van der Waals surface area contributed by atoms with Crippen molar-refractivity contribution in [3.63, 3.8) is 0 Å². The van der Waals surface area contributed by atoms with E-state index in [4.69, 9.17) is 4.74 Å². The monoisotopic (exact) mass is 389 g/mol. The van der Waals surface area contributed by atoms with Gasteiger partial charge in [-0.1, -0.05) is 18.2 Å². The zero-order chi connectivity index (χ0) is 20.4. The zero-order valence-corrected chi connectivity index (χ0v) is 15.2. The Kier molecular flexibility index (Phi) is 5.97. The molecular formula is C20H23NO7. The minimum absolute atomic E-state index is 0.178. The summed E-state index contributed by atoms with van der Waals surface area (Å²) in [6.45, 7) is 1.19. The average Bonchev–Trinajstić information content (AvgIpc) is 2.70. The standard InChI is InChI=1S/C20H23NO7/c1-10-7-12(5-6-14(10)23)11-3-2-4-13(8-11)19(26)21-16-17(24)15(9-22)28-20(27)18(16)25/h2-8,15-18,20,22-25,27H,9H2,1H3,(H,21,26). The maximum atomic E-state index is 12.7. The predicted molar refractivity (Wildman–Crippen MR) is 99.5 cm³/mol. The number of aromatic hydroxyl groups is 1. The van der Waals surface area contributed by atoms with Gasteiger partial charge in [0.15, 0.2) is 6.29 Å². The molecule has 5 atom stereocenters. The summed E-state index contributed by atoms with van der Waals surface area (Å²) in [7, 11) is 0. The number of phenols is 1. The van der Waals surface area contributed by atoms with Gasteiger partial charge in [-0.25, -0.2) is 0 Å². The Bertz CT molecular complexity index is 856. The van der Waals surface area contributed by atoms with Gasteiger partial charge in [-0.3, -0.25) is 4.79 Å². The molecule has 1 fully saturated rings. The Balaban J connectivity index is 1.81. The van der Waals surface area contributed by atoms with Crippen LogP contribution in [-0.4, -0.2) is 68.7 Å². The van der Waals surface area contributed by atoms with Crippen molar-refractivity contribution in [2.45, 2.75) is 37.6 Å². The molecule has 3 rings (SSSR count). The van der Waals surface area contributed by atoms with Crippen LogP contribution in [0.1, 0.15) is 15.9 Å². The number of nitrogens with one attached hydrogen (secondary N) is 1. The van der Waals surface area contributed by atoms with Crippen LogP contribution in [0.2, 0.25) is 0 Å². The molecule has 0 bridgehead atoms. The van der Waals surface area contributed by atoms with E-state index in [1.807, 2.05) is 6.07 Å². The number of hydrogen-bond donors (Lipinski definition) is 6. The first-order valence-electron chi connectivity index (χ1n) is 8.83. The highest BCUT2D eigenvalue weighted by Gasteiger charge is 2.44. The number of hydrogen-bond acceptors (Lipinski definition) is 7. The number of carbonyl (C=O) groups is 1. The van der Waals surface area contributed by atoms with Gasteiger partial charge in [0.2, 0.25) is 0 Å². The van der Waals surface area contributed by atoms with E-state index in [2.05, 4.69) is 5.32 Å². The fourth-order valence-electron chi connectivity index (χ4n) is 3.18. The van der Waals surface area contributed by atoms with Crippen LogP contribution in [0, 0.1) is 6.92 Å². The molecule has 0 aliphatic carbocycles. The van der Waals surface area contributed by atoms with Crippen LogP contribution in [0.25, 0.3) is 11.1 Å². The molecule has 1 saturated heterocycles. The molecule has 1 aliphatic rings. The van der Waals surface area contributed by atoms with Gasteiger partial charge in [0.05, 0.1) is 12.6 Å². The summed E-state index contributed by atoms with van der Waals surface area (Å²) >= 11 is 0. The highest BCUT2D eigenvalue weighted by molar-refractivity contribution is 5.95. The van der Waals surface area contributed by atoms with Crippen LogP contribution in [-0.2, 0) is 4.74 Å². The number of ether oxygens (including phenoxy) is 1. The number of rotatable bonds is 4. The summed E-state index contributed by atoms with van der Waals surface area (Å²) in [5, 5.41) is 51.4. The minimum atomic E-state index is -1.64. The second-order valence-electron chi connectivity index (χ2n) is 6.81. The molecule has 0 spiro atoms. The Labute approximate surface area is 161 Å². The summed E-state index contributed by atoms with van der Waals surface area (Å²) in [6, 6.07) is 10.6. The first-order valence-corrected chi connectivity index (χ1v) is 8.83.